The van der Waals surface area contributed by atoms with E-state index in [9.17, 15) is 18.0 Å². The molecule has 1 N–H and O–H groups in total. The van der Waals surface area contributed by atoms with E-state index in [0.29, 0.717) is 0 Å². The molecular weight excluding hydrogens is 593 g/mol. The van der Waals surface area contributed by atoms with Crippen LogP contribution in [-0.4, -0.2) is 43.8 Å². The second-order valence-electron chi connectivity index (χ2n) is 11.0. The lowest BCUT2D eigenvalue weighted by Crippen LogP contribution is -2.53. The maximum Gasteiger partial charge on any atom is 0.264 e. The molecule has 0 unspecified atom stereocenters. The van der Waals surface area contributed by atoms with Gasteiger partial charge >= 0.3 is 0 Å². The van der Waals surface area contributed by atoms with Gasteiger partial charge in [0.05, 0.1) is 20.6 Å². The van der Waals surface area contributed by atoms with Gasteiger partial charge in [-0.3, -0.25) is 13.9 Å². The highest BCUT2D eigenvalue weighted by atomic mass is 35.5. The van der Waals surface area contributed by atoms with Crippen molar-refractivity contribution in [2.45, 2.75) is 76.4 Å². The molecule has 1 fully saturated rings. The Labute approximate surface area is 258 Å². The Morgan fingerprint density at radius 2 is 1.60 bits per heavy atom. The summed E-state index contributed by atoms with van der Waals surface area (Å²) < 4.78 is 29.0. The molecule has 0 heterocycles. The molecule has 1 aliphatic rings. The SMILES string of the molecule is Cc1ccc(S(=O)(=O)N(CC(=O)N(Cc2cccc(C)c2)[C@H](C)C(=O)NC2CCCCC2)c2ccc(Cl)c(Cl)c2)cc1. The smallest absolute Gasteiger partial charge is 0.264 e. The molecule has 0 aromatic heterocycles. The van der Waals surface area contributed by atoms with Gasteiger partial charge in [-0.1, -0.05) is 90.0 Å². The third-order valence-corrected chi connectivity index (χ3v) is 10.2. The molecule has 42 heavy (non-hydrogen) atoms. The predicted octanol–water partition coefficient (Wildman–Crippen LogP) is 6.67. The van der Waals surface area contributed by atoms with Crippen LogP contribution in [0.1, 0.15) is 55.7 Å². The first kappa shape index (κ1) is 31.9. The number of benzene rings is 3. The van der Waals surface area contributed by atoms with Crippen LogP contribution >= 0.6 is 23.2 Å². The van der Waals surface area contributed by atoms with Crippen LogP contribution in [-0.2, 0) is 26.2 Å². The number of nitrogens with one attached hydrogen (secondary N) is 1. The number of hydrogen-bond donors (Lipinski definition) is 1. The number of nitrogens with zero attached hydrogens (tertiary/aromatic N) is 2. The molecule has 0 bridgehead atoms. The lowest BCUT2D eigenvalue weighted by molar-refractivity contribution is -0.139. The minimum Gasteiger partial charge on any atom is -0.352 e. The van der Waals surface area contributed by atoms with Gasteiger partial charge in [0.25, 0.3) is 10.0 Å². The van der Waals surface area contributed by atoms with Crippen molar-refractivity contribution < 1.29 is 18.0 Å². The zero-order valence-corrected chi connectivity index (χ0v) is 26.5. The van der Waals surface area contributed by atoms with Gasteiger partial charge in [0.2, 0.25) is 11.8 Å². The number of halogens is 2. The minimum absolute atomic E-state index is 0.0281. The Balaban J connectivity index is 1.69. The van der Waals surface area contributed by atoms with Crippen LogP contribution in [0.2, 0.25) is 10.0 Å². The zero-order chi connectivity index (χ0) is 30.4. The van der Waals surface area contributed by atoms with Gasteiger partial charge in [0, 0.05) is 12.6 Å². The van der Waals surface area contributed by atoms with Crippen molar-refractivity contribution in [1.29, 1.82) is 0 Å². The number of aryl methyl sites for hydroxylation is 2. The third-order valence-electron chi connectivity index (χ3n) is 7.63. The highest BCUT2D eigenvalue weighted by molar-refractivity contribution is 7.92. The summed E-state index contributed by atoms with van der Waals surface area (Å²) in [5.41, 5.74) is 2.93. The standard InChI is InChI=1S/C32H37Cl2N3O4S/c1-22-12-15-28(16-13-22)42(40,41)37(27-14-17-29(33)30(34)19-27)21-31(38)36(20-25-9-7-8-23(2)18-25)24(3)32(39)35-26-10-5-4-6-11-26/h7-9,12-19,24,26H,4-6,10-11,20-21H2,1-3H3,(H,35,39)/t24-/m1/s1. The fourth-order valence-electron chi connectivity index (χ4n) is 5.16. The van der Waals surface area contributed by atoms with Crippen LogP contribution in [0.4, 0.5) is 5.69 Å². The molecule has 4 rings (SSSR count). The largest absolute Gasteiger partial charge is 0.352 e. The molecule has 224 valence electrons. The first-order chi connectivity index (χ1) is 20.0. The van der Waals surface area contributed by atoms with E-state index in [2.05, 4.69) is 5.32 Å². The Morgan fingerprint density at radius 3 is 2.24 bits per heavy atom. The van der Waals surface area contributed by atoms with E-state index in [1.54, 1.807) is 19.1 Å². The molecule has 0 aliphatic heterocycles. The molecule has 1 saturated carbocycles. The summed E-state index contributed by atoms with van der Waals surface area (Å²) in [4.78, 5) is 29.0. The van der Waals surface area contributed by atoms with Crippen molar-refractivity contribution in [2.24, 2.45) is 0 Å². The number of carbonyl (C=O) groups is 2. The molecule has 0 spiro atoms. The second-order valence-corrected chi connectivity index (χ2v) is 13.6. The fraction of sp³-hybridized carbons (Fsp3) is 0.375. The second kappa shape index (κ2) is 13.9. The predicted molar refractivity (Wildman–Crippen MR) is 168 cm³/mol. The van der Waals surface area contributed by atoms with Crippen LogP contribution < -0.4 is 9.62 Å². The van der Waals surface area contributed by atoms with Gasteiger partial charge in [0.15, 0.2) is 0 Å². The molecule has 3 aromatic carbocycles. The lowest BCUT2D eigenvalue weighted by Gasteiger charge is -2.33. The monoisotopic (exact) mass is 629 g/mol. The van der Waals surface area contributed by atoms with Crippen LogP contribution in [0, 0.1) is 13.8 Å². The van der Waals surface area contributed by atoms with Gasteiger partial charge in [0.1, 0.15) is 12.6 Å². The molecule has 2 amide bonds. The van der Waals surface area contributed by atoms with Crippen molar-refractivity contribution in [3.8, 4) is 0 Å². The molecule has 0 saturated heterocycles. The van der Waals surface area contributed by atoms with Crippen molar-refractivity contribution in [2.75, 3.05) is 10.8 Å². The number of hydrogen-bond acceptors (Lipinski definition) is 4. The summed E-state index contributed by atoms with van der Waals surface area (Å²) in [7, 11) is -4.19. The summed E-state index contributed by atoms with van der Waals surface area (Å²) in [6.45, 7) is 5.10. The summed E-state index contributed by atoms with van der Waals surface area (Å²) in [6, 6.07) is 17.7. The van der Waals surface area contributed by atoms with Gasteiger partial charge in [-0.05, 0) is 69.5 Å². The molecule has 1 atom stereocenters. The van der Waals surface area contributed by atoms with E-state index in [0.717, 1.165) is 53.1 Å². The summed E-state index contributed by atoms with van der Waals surface area (Å²) in [5, 5.41) is 3.53. The third kappa shape index (κ3) is 7.85. The molecule has 3 aromatic rings. The Hall–Kier alpha value is -3.07. The van der Waals surface area contributed by atoms with Crippen molar-refractivity contribution in [3.05, 3.63) is 93.5 Å². The quantitative estimate of drug-likeness (QED) is 0.271. The Kier molecular flexibility index (Phi) is 10.6. The molecule has 10 heteroatoms. The van der Waals surface area contributed by atoms with E-state index in [4.69, 9.17) is 23.2 Å². The highest BCUT2D eigenvalue weighted by Gasteiger charge is 2.33. The fourth-order valence-corrected chi connectivity index (χ4v) is 6.86. The van der Waals surface area contributed by atoms with Gasteiger partial charge in [-0.15, -0.1) is 0 Å². The highest BCUT2D eigenvalue weighted by Crippen LogP contribution is 2.31. The van der Waals surface area contributed by atoms with Crippen molar-refractivity contribution >= 4 is 50.7 Å². The van der Waals surface area contributed by atoms with Gasteiger partial charge in [-0.25, -0.2) is 8.42 Å². The maximum atomic E-state index is 14.1. The van der Waals surface area contributed by atoms with E-state index >= 15 is 0 Å². The van der Waals surface area contributed by atoms with Crippen LogP contribution in [0.3, 0.4) is 0 Å². The van der Waals surface area contributed by atoms with Gasteiger partial charge in [-0.2, -0.15) is 0 Å². The molecular formula is C32H37Cl2N3O4S. The van der Waals surface area contributed by atoms with E-state index in [1.165, 1.54) is 35.2 Å². The number of sulfonamides is 1. The van der Waals surface area contributed by atoms with Crippen LogP contribution in [0.5, 0.6) is 0 Å². The summed E-state index contributed by atoms with van der Waals surface area (Å²) in [5.74, 6) is -0.782. The minimum atomic E-state index is -4.19. The molecule has 1 aliphatic carbocycles. The normalized spacial score (nSPS) is 14.7. The van der Waals surface area contributed by atoms with Crippen LogP contribution in [0.15, 0.2) is 71.6 Å². The first-order valence-electron chi connectivity index (χ1n) is 14.2. The zero-order valence-electron chi connectivity index (χ0n) is 24.1. The number of amides is 2. The first-order valence-corrected chi connectivity index (χ1v) is 16.3. The average molecular weight is 631 g/mol. The van der Waals surface area contributed by atoms with Crippen molar-refractivity contribution in [3.63, 3.8) is 0 Å². The van der Waals surface area contributed by atoms with Crippen molar-refractivity contribution in [1.82, 2.24) is 10.2 Å². The maximum absolute atomic E-state index is 14.1. The molecule has 0 radical (unpaired) electrons. The lowest BCUT2D eigenvalue weighted by atomic mass is 9.95. The number of carbonyl (C=O) groups excluding carboxylic acids is 2. The van der Waals surface area contributed by atoms with E-state index in [1.807, 2.05) is 38.1 Å². The van der Waals surface area contributed by atoms with E-state index < -0.39 is 28.5 Å². The average Bonchev–Trinajstić information content (AvgIpc) is 2.96. The summed E-state index contributed by atoms with van der Waals surface area (Å²) in [6.07, 6.45) is 5.08. The Morgan fingerprint density at radius 1 is 0.905 bits per heavy atom. The summed E-state index contributed by atoms with van der Waals surface area (Å²) >= 11 is 12.4. The Bertz CT molecular complexity index is 1520. The van der Waals surface area contributed by atoms with Crippen LogP contribution in [0.25, 0.3) is 0 Å². The van der Waals surface area contributed by atoms with E-state index in [-0.39, 0.29) is 39.1 Å². The molecule has 7 nitrogen and oxygen atoms in total. The topological polar surface area (TPSA) is 86.8 Å². The number of rotatable bonds is 10. The van der Waals surface area contributed by atoms with Gasteiger partial charge < -0.3 is 10.2 Å². The number of anilines is 1.